The molecule has 0 radical (unpaired) electrons. The van der Waals surface area contributed by atoms with Gasteiger partial charge in [-0.1, -0.05) is 61.0 Å². The lowest BCUT2D eigenvalue weighted by atomic mass is 10.2. The van der Waals surface area contributed by atoms with Crippen LogP contribution < -0.4 is 5.32 Å². The van der Waals surface area contributed by atoms with Crippen LogP contribution in [-0.4, -0.2) is 52.7 Å². The summed E-state index contributed by atoms with van der Waals surface area (Å²) in [7, 11) is -3.57. The maximum absolute atomic E-state index is 13.0. The monoisotopic (exact) mass is 471 g/mol. The van der Waals surface area contributed by atoms with E-state index >= 15 is 0 Å². The number of amides is 1. The molecule has 4 rings (SSSR count). The van der Waals surface area contributed by atoms with E-state index < -0.39 is 10.0 Å². The number of rotatable bonds is 7. The van der Waals surface area contributed by atoms with Crippen LogP contribution in [0.15, 0.2) is 64.6 Å². The largest absolute Gasteiger partial charge is 0.325 e. The molecule has 1 amide bonds. The molecule has 1 fully saturated rings. The molecule has 3 aromatic rings. The predicted octanol–water partition coefficient (Wildman–Crippen LogP) is 3.77. The Morgan fingerprint density at radius 1 is 1.03 bits per heavy atom. The van der Waals surface area contributed by atoms with Gasteiger partial charge in [-0.3, -0.25) is 9.89 Å². The summed E-state index contributed by atoms with van der Waals surface area (Å²) in [4.78, 5) is 17.0. The average Bonchev–Trinajstić information content (AvgIpc) is 3.11. The quantitative estimate of drug-likeness (QED) is 0.508. The second-order valence-electron chi connectivity index (χ2n) is 7.52. The van der Waals surface area contributed by atoms with E-state index in [-0.39, 0.29) is 16.6 Å². The predicted molar refractivity (Wildman–Crippen MR) is 125 cm³/mol. The summed E-state index contributed by atoms with van der Waals surface area (Å²) in [6.07, 6.45) is 3.86. The van der Waals surface area contributed by atoms with Gasteiger partial charge in [-0.25, -0.2) is 13.4 Å². The Morgan fingerprint density at radius 3 is 2.53 bits per heavy atom. The first kappa shape index (κ1) is 22.5. The lowest BCUT2D eigenvalue weighted by Gasteiger charge is -2.20. The third kappa shape index (κ3) is 5.56. The van der Waals surface area contributed by atoms with Crippen LogP contribution in [0.25, 0.3) is 11.4 Å². The van der Waals surface area contributed by atoms with Gasteiger partial charge in [0.15, 0.2) is 5.82 Å². The Kier molecular flexibility index (Phi) is 7.23. The highest BCUT2D eigenvalue weighted by molar-refractivity contribution is 7.99. The third-order valence-electron chi connectivity index (χ3n) is 5.17. The first-order chi connectivity index (χ1) is 15.5. The van der Waals surface area contributed by atoms with Gasteiger partial charge in [0.05, 0.1) is 10.6 Å². The second-order valence-corrected chi connectivity index (χ2v) is 10.4. The molecule has 32 heavy (non-hydrogen) atoms. The van der Waals surface area contributed by atoms with Crippen LogP contribution in [0, 0.1) is 0 Å². The number of thioether (sulfide) groups is 1. The van der Waals surface area contributed by atoms with Crippen molar-refractivity contribution in [2.24, 2.45) is 0 Å². The molecule has 2 heterocycles. The highest BCUT2D eigenvalue weighted by Gasteiger charge is 2.25. The van der Waals surface area contributed by atoms with Crippen molar-refractivity contribution < 1.29 is 13.2 Å². The second kappa shape index (κ2) is 10.3. The molecule has 2 N–H and O–H groups in total. The number of aromatic amines is 1. The van der Waals surface area contributed by atoms with E-state index in [4.69, 9.17) is 0 Å². The zero-order chi connectivity index (χ0) is 22.4. The molecule has 0 aliphatic carbocycles. The van der Waals surface area contributed by atoms with Crippen molar-refractivity contribution in [3.05, 3.63) is 54.6 Å². The lowest BCUT2D eigenvalue weighted by Crippen LogP contribution is -2.32. The van der Waals surface area contributed by atoms with Gasteiger partial charge in [-0.05, 0) is 31.0 Å². The SMILES string of the molecule is O=C(CSc1n[nH]c(-c2ccccc2)n1)Nc1cccc(S(=O)(=O)N2CCCCCC2)c1. The van der Waals surface area contributed by atoms with Crippen molar-refractivity contribution in [2.75, 3.05) is 24.2 Å². The number of aromatic nitrogens is 3. The Bertz CT molecular complexity index is 1160. The summed E-state index contributed by atoms with van der Waals surface area (Å²) < 4.78 is 27.5. The number of carbonyl (C=O) groups is 1. The maximum Gasteiger partial charge on any atom is 0.243 e. The minimum atomic E-state index is -3.57. The van der Waals surface area contributed by atoms with E-state index in [0.717, 1.165) is 31.2 Å². The summed E-state index contributed by atoms with van der Waals surface area (Å²) in [6.45, 7) is 1.08. The van der Waals surface area contributed by atoms with Gasteiger partial charge in [0.25, 0.3) is 0 Å². The standard InChI is InChI=1S/C22H25N5O3S2/c28-20(16-31-22-24-21(25-26-22)17-9-4-3-5-10-17)23-18-11-8-12-19(15-18)32(29,30)27-13-6-1-2-7-14-27/h3-5,8-12,15H,1-2,6-7,13-14,16H2,(H,23,28)(H,24,25,26). The van der Waals surface area contributed by atoms with E-state index in [1.165, 1.54) is 17.8 Å². The molecule has 0 spiro atoms. The zero-order valence-electron chi connectivity index (χ0n) is 17.5. The van der Waals surface area contributed by atoms with Gasteiger partial charge in [-0.2, -0.15) is 4.31 Å². The minimum absolute atomic E-state index is 0.106. The highest BCUT2D eigenvalue weighted by atomic mass is 32.2. The number of H-pyrrole nitrogens is 1. The van der Waals surface area contributed by atoms with Crippen molar-refractivity contribution in [2.45, 2.75) is 35.7 Å². The van der Waals surface area contributed by atoms with E-state index in [9.17, 15) is 13.2 Å². The van der Waals surface area contributed by atoms with Crippen molar-refractivity contribution in [1.82, 2.24) is 19.5 Å². The van der Waals surface area contributed by atoms with Crippen molar-refractivity contribution in [3.8, 4) is 11.4 Å². The number of sulfonamides is 1. The minimum Gasteiger partial charge on any atom is -0.325 e. The molecule has 1 aliphatic heterocycles. The van der Waals surface area contributed by atoms with Crippen LogP contribution in [0.3, 0.4) is 0 Å². The van der Waals surface area contributed by atoms with Crippen LogP contribution >= 0.6 is 11.8 Å². The number of benzene rings is 2. The van der Waals surface area contributed by atoms with Crippen LogP contribution in [0.2, 0.25) is 0 Å². The molecular formula is C22H25N5O3S2. The Balaban J connectivity index is 1.36. The van der Waals surface area contributed by atoms with Gasteiger partial charge in [-0.15, -0.1) is 5.10 Å². The maximum atomic E-state index is 13.0. The molecule has 168 valence electrons. The smallest absolute Gasteiger partial charge is 0.243 e. The number of hydrogen-bond donors (Lipinski definition) is 2. The molecule has 10 heteroatoms. The molecule has 1 aliphatic rings. The summed E-state index contributed by atoms with van der Waals surface area (Å²) in [6, 6.07) is 16.0. The summed E-state index contributed by atoms with van der Waals surface area (Å²) in [5, 5.41) is 10.2. The molecule has 2 aromatic carbocycles. The fourth-order valence-corrected chi connectivity index (χ4v) is 5.69. The fraction of sp³-hybridized carbons (Fsp3) is 0.318. The lowest BCUT2D eigenvalue weighted by molar-refractivity contribution is -0.113. The van der Waals surface area contributed by atoms with E-state index in [1.807, 2.05) is 30.3 Å². The van der Waals surface area contributed by atoms with Gasteiger partial charge in [0, 0.05) is 24.3 Å². The summed E-state index contributed by atoms with van der Waals surface area (Å²) >= 11 is 1.21. The normalized spacial score (nSPS) is 15.2. The fourth-order valence-electron chi connectivity index (χ4n) is 3.53. The Hall–Kier alpha value is -2.69. The average molecular weight is 472 g/mol. The van der Waals surface area contributed by atoms with Crippen molar-refractivity contribution >= 4 is 33.4 Å². The van der Waals surface area contributed by atoms with Crippen LogP contribution in [0.1, 0.15) is 25.7 Å². The molecule has 1 saturated heterocycles. The number of hydrogen-bond acceptors (Lipinski definition) is 6. The first-order valence-corrected chi connectivity index (χ1v) is 13.0. The van der Waals surface area contributed by atoms with Gasteiger partial charge < -0.3 is 5.32 Å². The molecule has 0 bridgehead atoms. The van der Waals surface area contributed by atoms with Gasteiger partial charge >= 0.3 is 0 Å². The summed E-state index contributed by atoms with van der Waals surface area (Å²) in [5.74, 6) is 0.486. The topological polar surface area (TPSA) is 108 Å². The van der Waals surface area contributed by atoms with Crippen LogP contribution in [0.4, 0.5) is 5.69 Å². The number of nitrogens with zero attached hydrogens (tertiary/aromatic N) is 3. The molecule has 8 nitrogen and oxygen atoms in total. The Labute approximate surface area is 191 Å². The van der Waals surface area contributed by atoms with Crippen LogP contribution in [0.5, 0.6) is 0 Å². The highest BCUT2D eigenvalue weighted by Crippen LogP contribution is 2.23. The molecule has 1 aromatic heterocycles. The number of anilines is 1. The van der Waals surface area contributed by atoms with Crippen molar-refractivity contribution in [3.63, 3.8) is 0 Å². The molecule has 0 saturated carbocycles. The zero-order valence-corrected chi connectivity index (χ0v) is 19.2. The van der Waals surface area contributed by atoms with Crippen molar-refractivity contribution in [1.29, 1.82) is 0 Å². The van der Waals surface area contributed by atoms with Gasteiger partial charge in [0.2, 0.25) is 21.1 Å². The van der Waals surface area contributed by atoms with E-state index in [1.54, 1.807) is 22.5 Å². The third-order valence-corrected chi connectivity index (χ3v) is 7.91. The van der Waals surface area contributed by atoms with Crippen LogP contribution in [-0.2, 0) is 14.8 Å². The van der Waals surface area contributed by atoms with E-state index in [2.05, 4.69) is 20.5 Å². The number of nitrogens with one attached hydrogen (secondary N) is 2. The summed E-state index contributed by atoms with van der Waals surface area (Å²) in [5.41, 5.74) is 1.37. The van der Waals surface area contributed by atoms with Gasteiger partial charge in [0.1, 0.15) is 0 Å². The molecular weight excluding hydrogens is 446 g/mol. The Morgan fingerprint density at radius 2 is 1.78 bits per heavy atom. The molecule has 0 atom stereocenters. The molecule has 0 unspecified atom stereocenters. The van der Waals surface area contributed by atoms with E-state index in [0.29, 0.717) is 29.8 Å². The first-order valence-electron chi connectivity index (χ1n) is 10.5. The number of carbonyl (C=O) groups excluding carboxylic acids is 1.